The van der Waals surface area contributed by atoms with Gasteiger partial charge in [0.05, 0.1) is 11.8 Å². The number of nitrogens with zero attached hydrogens (tertiary/aromatic N) is 3. The Hall–Kier alpha value is -1.58. The number of carbonyl (C=O) groups excluding carboxylic acids is 4. The summed E-state index contributed by atoms with van der Waals surface area (Å²) in [5, 5.41) is 31.1. The molecule has 0 aromatic rings. The van der Waals surface area contributed by atoms with E-state index in [1.807, 2.05) is 0 Å². The van der Waals surface area contributed by atoms with Crippen molar-refractivity contribution < 1.29 is 48.9 Å². The first-order valence-electron chi connectivity index (χ1n) is 10.0. The molecule has 2 unspecified atom stereocenters. The molecule has 2 heterocycles. The smallest absolute Gasteiger partial charge is 0.677 e. The van der Waals surface area contributed by atoms with Crippen LogP contribution in [0, 0.1) is 0 Å². The minimum atomic E-state index is -1.25. The Kier molecular flexibility index (Phi) is 15.3. The number of hydrogen-bond donors (Lipinski definition) is 0. The molecule has 1 N–H and O–H groups in total. The van der Waals surface area contributed by atoms with Crippen molar-refractivity contribution in [2.45, 2.75) is 82.3 Å². The van der Waals surface area contributed by atoms with Gasteiger partial charge in [0.2, 0.25) is 0 Å². The molecule has 166 valence electrons. The molecule has 3 fully saturated rings. The van der Waals surface area contributed by atoms with Crippen LogP contribution >= 0.6 is 0 Å². The molecule has 2 saturated heterocycles. The number of carboxylic acid groups (broad SMARTS) is 2. The largest absolute Gasteiger partial charge is 2.00 e. The van der Waals surface area contributed by atoms with Gasteiger partial charge in [0.15, 0.2) is 0 Å². The number of rotatable bonds is 6. The molecule has 2 amide bonds. The summed E-state index contributed by atoms with van der Waals surface area (Å²) in [4.78, 5) is 40.6. The zero-order valence-electron chi connectivity index (χ0n) is 17.2. The molecule has 0 radical (unpaired) electrons. The number of amides is 2. The molecule has 2 atom stereocenters. The molecule has 11 heteroatoms. The fourth-order valence-corrected chi connectivity index (χ4v) is 3.08. The Morgan fingerprint density at radius 2 is 1.37 bits per heavy atom. The third-order valence-electron chi connectivity index (χ3n) is 4.70. The summed E-state index contributed by atoms with van der Waals surface area (Å²) in [6, 6.07) is -1.11. The molecule has 3 rings (SSSR count). The van der Waals surface area contributed by atoms with E-state index in [1.165, 1.54) is 32.1 Å². The number of carbonyl (C=O) groups is 4. The van der Waals surface area contributed by atoms with Gasteiger partial charge < -0.3 is 51.1 Å². The first-order valence-corrected chi connectivity index (χ1v) is 10.0. The van der Waals surface area contributed by atoms with E-state index >= 15 is 0 Å². The Morgan fingerprint density at radius 1 is 0.900 bits per heavy atom. The molecule has 0 aromatic heterocycles. The summed E-state index contributed by atoms with van der Waals surface area (Å²) in [5.41, 5.74) is 6.96. The Morgan fingerprint density at radius 3 is 1.67 bits per heavy atom. The second kappa shape index (κ2) is 16.2. The van der Waals surface area contributed by atoms with Crippen molar-refractivity contribution in [3.05, 3.63) is 21.7 Å². The predicted molar refractivity (Wildman–Crippen MR) is 102 cm³/mol. The number of hydrogen-bond acceptors (Lipinski definition) is 6. The van der Waals surface area contributed by atoms with Crippen molar-refractivity contribution in [1.82, 2.24) is 0 Å². The fourth-order valence-electron chi connectivity index (χ4n) is 3.08. The third-order valence-corrected chi connectivity index (χ3v) is 4.70. The van der Waals surface area contributed by atoms with Crippen LogP contribution < -0.4 is 10.2 Å². The second-order valence-electron chi connectivity index (χ2n) is 7.09. The van der Waals surface area contributed by atoms with Crippen molar-refractivity contribution in [3.8, 4) is 0 Å². The molecule has 0 bridgehead atoms. The number of carboxylic acids is 2. The van der Waals surface area contributed by atoms with Crippen LogP contribution in [0.1, 0.15) is 64.2 Å². The molecular formula is C19H28N4O6Zn-4. The van der Waals surface area contributed by atoms with Crippen LogP contribution in [-0.2, 0) is 38.7 Å². The average Bonchev–Trinajstić information content (AvgIpc) is 3.33. The van der Waals surface area contributed by atoms with Gasteiger partial charge in [0, 0.05) is 11.9 Å². The van der Waals surface area contributed by atoms with E-state index in [0.717, 1.165) is 13.0 Å². The van der Waals surface area contributed by atoms with Gasteiger partial charge in [-0.1, -0.05) is 63.5 Å². The Bertz CT molecular complexity index is 521. The molecule has 1 aliphatic carbocycles. The molecule has 1 saturated carbocycles. The van der Waals surface area contributed by atoms with E-state index in [4.69, 9.17) is 5.73 Å². The SMILES string of the molecule is O=C1CCC(C(=O)[O-])[N-]1.O=C1CCC(C(=O)[O-])[N-]1.[NH-]CCC[N-]C1CCCCC1.[Zn+2]. The predicted octanol–water partition coefficient (Wildman–Crippen LogP) is 0.731. The van der Waals surface area contributed by atoms with Crippen LogP contribution in [0.25, 0.3) is 21.7 Å². The Labute approximate surface area is 189 Å². The molecule has 3 aliphatic rings. The summed E-state index contributed by atoms with van der Waals surface area (Å²) in [6.07, 6.45) is 8.82. The van der Waals surface area contributed by atoms with Gasteiger partial charge in [-0.25, -0.2) is 0 Å². The third kappa shape index (κ3) is 12.2. The van der Waals surface area contributed by atoms with Gasteiger partial charge in [0.1, 0.15) is 0 Å². The van der Waals surface area contributed by atoms with Crippen LogP contribution in [-0.4, -0.2) is 55.0 Å². The maximum absolute atomic E-state index is 10.3. The maximum Gasteiger partial charge on any atom is 2.00 e. The normalized spacial score (nSPS) is 23.0. The van der Waals surface area contributed by atoms with Crippen LogP contribution in [0.2, 0.25) is 0 Å². The zero-order valence-corrected chi connectivity index (χ0v) is 20.2. The van der Waals surface area contributed by atoms with Crippen molar-refractivity contribution in [3.63, 3.8) is 0 Å². The van der Waals surface area contributed by atoms with E-state index in [2.05, 4.69) is 16.0 Å². The van der Waals surface area contributed by atoms with Gasteiger partial charge in [0.25, 0.3) is 0 Å². The minimum Gasteiger partial charge on any atom is -0.677 e. The fraction of sp³-hybridized carbons (Fsp3) is 0.789. The van der Waals surface area contributed by atoms with E-state index in [1.54, 1.807) is 0 Å². The zero-order chi connectivity index (χ0) is 21.6. The molecule has 10 nitrogen and oxygen atoms in total. The first-order chi connectivity index (χ1) is 13.8. The summed E-state index contributed by atoms with van der Waals surface area (Å²) < 4.78 is 0. The van der Waals surface area contributed by atoms with E-state index in [0.29, 0.717) is 25.4 Å². The quantitative estimate of drug-likeness (QED) is 0.404. The van der Waals surface area contributed by atoms with Crippen LogP contribution in [0.3, 0.4) is 0 Å². The molecular weight excluding hydrogens is 446 g/mol. The van der Waals surface area contributed by atoms with E-state index < -0.39 is 24.0 Å². The van der Waals surface area contributed by atoms with Crippen molar-refractivity contribution in [2.75, 3.05) is 13.1 Å². The van der Waals surface area contributed by atoms with Crippen LogP contribution in [0.15, 0.2) is 0 Å². The van der Waals surface area contributed by atoms with Gasteiger partial charge in [-0.15, -0.1) is 6.04 Å². The van der Waals surface area contributed by atoms with Crippen LogP contribution in [0.4, 0.5) is 0 Å². The standard InChI is InChI=1S/C9H18N2.2C5H7NO3.Zn/c10-7-4-8-11-9-5-2-1-3-6-9;2*7-4-2-1-3(6-4)5(8)9;/h9-10H,1-8H2;2*3H,1-2H2,(H2,6,7,8,9);/q-2;;;+2/p-4. The van der Waals surface area contributed by atoms with Gasteiger partial charge in [-0.3, -0.25) is 0 Å². The molecule has 0 aromatic carbocycles. The van der Waals surface area contributed by atoms with Gasteiger partial charge in [-0.2, -0.15) is 13.1 Å². The van der Waals surface area contributed by atoms with Crippen molar-refractivity contribution >= 4 is 23.8 Å². The first kappa shape index (κ1) is 28.4. The van der Waals surface area contributed by atoms with Gasteiger partial charge >= 0.3 is 19.5 Å². The summed E-state index contributed by atoms with van der Waals surface area (Å²) >= 11 is 0. The number of nitrogens with one attached hydrogen (secondary N) is 1. The maximum atomic E-state index is 10.3. The number of aliphatic carboxylic acids is 2. The average molecular weight is 474 g/mol. The molecule has 2 aliphatic heterocycles. The summed E-state index contributed by atoms with van der Waals surface area (Å²) in [7, 11) is 0. The minimum absolute atomic E-state index is 0. The van der Waals surface area contributed by atoms with Crippen molar-refractivity contribution in [1.29, 1.82) is 0 Å². The summed E-state index contributed by atoms with van der Waals surface area (Å²) in [5.74, 6) is -3.16. The molecule has 30 heavy (non-hydrogen) atoms. The van der Waals surface area contributed by atoms with E-state index in [9.17, 15) is 29.4 Å². The van der Waals surface area contributed by atoms with Crippen LogP contribution in [0.5, 0.6) is 0 Å². The topological polar surface area (TPSA) is 180 Å². The second-order valence-corrected chi connectivity index (χ2v) is 7.09. The van der Waals surface area contributed by atoms with E-state index in [-0.39, 0.29) is 44.1 Å². The van der Waals surface area contributed by atoms with Gasteiger partial charge in [-0.05, 0) is 12.8 Å². The summed E-state index contributed by atoms with van der Waals surface area (Å²) in [6.45, 7) is 1.46. The monoisotopic (exact) mass is 472 g/mol. The molecule has 0 spiro atoms. The van der Waals surface area contributed by atoms with Crippen molar-refractivity contribution in [2.24, 2.45) is 0 Å². The Balaban J connectivity index is 0.000000416.